The fraction of sp³-hybridized carbons (Fsp3) is 1.00. The summed E-state index contributed by atoms with van der Waals surface area (Å²) in [6, 6.07) is 0. The minimum atomic E-state index is 1.05. The van der Waals surface area contributed by atoms with Crippen molar-refractivity contribution in [3.63, 3.8) is 0 Å². The van der Waals surface area contributed by atoms with Gasteiger partial charge >= 0.3 is 0 Å². The van der Waals surface area contributed by atoms with Crippen molar-refractivity contribution in [2.75, 3.05) is 0 Å². The van der Waals surface area contributed by atoms with Gasteiger partial charge in [-0.1, -0.05) is 19.2 Å². The highest BCUT2D eigenvalue weighted by Crippen LogP contribution is 2.40. The van der Waals surface area contributed by atoms with Gasteiger partial charge in [-0.05, 0) is 5.92 Å². The molecule has 1 aliphatic rings. The zero-order valence-electron chi connectivity index (χ0n) is 3.86. The van der Waals surface area contributed by atoms with Crippen LogP contribution < -0.4 is 0 Å². The number of hydrogen-bond donors (Lipinski definition) is 0. The van der Waals surface area contributed by atoms with E-state index in [-0.39, 0.29) is 0 Å². The van der Waals surface area contributed by atoms with Crippen LogP contribution in [0.2, 0.25) is 5.82 Å². The molecule has 5 heavy (non-hydrogen) atoms. The Bertz CT molecular complexity index is 36.9. The van der Waals surface area contributed by atoms with Crippen LogP contribution in [0.25, 0.3) is 0 Å². The van der Waals surface area contributed by atoms with Gasteiger partial charge in [0.15, 0.2) is 0 Å². The molecular formula is C4H9B. The lowest BCUT2D eigenvalue weighted by molar-refractivity contribution is 0.981. The summed E-state index contributed by atoms with van der Waals surface area (Å²) in [7, 11) is 2.30. The third-order valence-electron chi connectivity index (χ3n) is 1.51. The molecule has 0 N–H and O–H groups in total. The summed E-state index contributed by atoms with van der Waals surface area (Å²) in [5, 5.41) is 0. The van der Waals surface area contributed by atoms with Crippen LogP contribution in [-0.4, -0.2) is 7.85 Å². The lowest BCUT2D eigenvalue weighted by Crippen LogP contribution is -1.59. The summed E-state index contributed by atoms with van der Waals surface area (Å²) in [4.78, 5) is 0. The van der Waals surface area contributed by atoms with Gasteiger partial charge < -0.3 is 0 Å². The molecular weight excluding hydrogens is 58.9 g/mol. The Hall–Kier alpha value is 0.0649. The van der Waals surface area contributed by atoms with E-state index in [4.69, 9.17) is 0 Å². The summed E-state index contributed by atoms with van der Waals surface area (Å²) in [5.41, 5.74) is 0. The Kier molecular flexibility index (Phi) is 0.499. The first kappa shape index (κ1) is 3.26. The van der Waals surface area contributed by atoms with Crippen LogP contribution in [0, 0.1) is 5.92 Å². The van der Waals surface area contributed by atoms with Crippen molar-refractivity contribution in [3.8, 4) is 0 Å². The zero-order chi connectivity index (χ0) is 3.86. The van der Waals surface area contributed by atoms with Gasteiger partial charge in [0, 0.05) is 0 Å². The van der Waals surface area contributed by atoms with Crippen LogP contribution in [0.5, 0.6) is 0 Å². The van der Waals surface area contributed by atoms with E-state index in [1.54, 1.807) is 0 Å². The van der Waals surface area contributed by atoms with Crippen LogP contribution in [0.3, 0.4) is 0 Å². The van der Waals surface area contributed by atoms with Gasteiger partial charge in [0.1, 0.15) is 7.85 Å². The number of rotatable bonds is 0. The van der Waals surface area contributed by atoms with Crippen molar-refractivity contribution in [1.29, 1.82) is 0 Å². The monoisotopic (exact) mass is 68.1 g/mol. The summed E-state index contributed by atoms with van der Waals surface area (Å²) in [6.07, 6.45) is 1.47. The molecule has 1 fully saturated rings. The molecule has 0 aromatic heterocycles. The second-order valence-corrected chi connectivity index (χ2v) is 2.19. The van der Waals surface area contributed by atoms with E-state index in [1.165, 1.54) is 6.42 Å². The molecule has 0 amide bonds. The molecule has 1 heteroatoms. The van der Waals surface area contributed by atoms with E-state index in [2.05, 4.69) is 14.8 Å². The van der Waals surface area contributed by atoms with Crippen molar-refractivity contribution >= 4 is 7.85 Å². The fourth-order valence-electron chi connectivity index (χ4n) is 0.508. The van der Waals surface area contributed by atoms with Crippen molar-refractivity contribution in [3.05, 3.63) is 0 Å². The van der Waals surface area contributed by atoms with Gasteiger partial charge in [-0.15, -0.1) is 0 Å². The Labute approximate surface area is 34.0 Å². The van der Waals surface area contributed by atoms with Crippen LogP contribution in [-0.2, 0) is 0 Å². The van der Waals surface area contributed by atoms with Gasteiger partial charge in [0.2, 0.25) is 0 Å². The molecule has 0 aromatic rings. The average Bonchev–Trinajstić information content (AvgIpc) is 1.79. The summed E-state index contributed by atoms with van der Waals surface area (Å²) in [5.74, 6) is 2.10. The lowest BCUT2D eigenvalue weighted by atomic mass is 10.0. The molecule has 0 nitrogen and oxygen atoms in total. The predicted molar refractivity (Wildman–Crippen MR) is 26.1 cm³/mol. The van der Waals surface area contributed by atoms with Gasteiger partial charge in [0.25, 0.3) is 0 Å². The molecule has 0 saturated heterocycles. The van der Waals surface area contributed by atoms with Crippen molar-refractivity contribution in [2.45, 2.75) is 19.2 Å². The number of hydrogen-bond acceptors (Lipinski definition) is 0. The normalized spacial score (nSPS) is 49.0. The molecule has 0 heterocycles. The second-order valence-electron chi connectivity index (χ2n) is 2.19. The summed E-state index contributed by atoms with van der Waals surface area (Å²) in [6.45, 7) is 2.30. The highest BCUT2D eigenvalue weighted by atomic mass is 14.3. The highest BCUT2D eigenvalue weighted by molar-refractivity contribution is 6.13. The summed E-state index contributed by atoms with van der Waals surface area (Å²) >= 11 is 0. The molecule has 1 saturated carbocycles. The fourth-order valence-corrected chi connectivity index (χ4v) is 0.508. The van der Waals surface area contributed by atoms with Crippen LogP contribution in [0.15, 0.2) is 0 Å². The third kappa shape index (κ3) is 0.471. The molecule has 0 bridgehead atoms. The second kappa shape index (κ2) is 0.765. The van der Waals surface area contributed by atoms with Gasteiger partial charge in [-0.3, -0.25) is 0 Å². The first-order chi connectivity index (χ1) is 2.30. The van der Waals surface area contributed by atoms with E-state index in [0.29, 0.717) is 0 Å². The van der Waals surface area contributed by atoms with E-state index in [9.17, 15) is 0 Å². The molecule has 0 radical (unpaired) electrons. The first-order valence-corrected chi connectivity index (χ1v) is 2.30. The molecule has 1 aliphatic carbocycles. The minimum Gasteiger partial charge on any atom is -0.0670 e. The Morgan fingerprint density at radius 2 is 2.00 bits per heavy atom. The average molecular weight is 67.9 g/mol. The smallest absolute Gasteiger partial charge is 0.0670 e. The molecule has 0 aliphatic heterocycles. The topological polar surface area (TPSA) is 0 Å². The maximum atomic E-state index is 2.30. The van der Waals surface area contributed by atoms with Crippen molar-refractivity contribution in [2.24, 2.45) is 5.92 Å². The van der Waals surface area contributed by atoms with E-state index >= 15 is 0 Å². The maximum absolute atomic E-state index is 2.30. The van der Waals surface area contributed by atoms with Gasteiger partial charge in [-0.25, -0.2) is 0 Å². The molecule has 0 aromatic carbocycles. The molecule has 2 atom stereocenters. The Morgan fingerprint density at radius 3 is 2.00 bits per heavy atom. The van der Waals surface area contributed by atoms with Crippen molar-refractivity contribution < 1.29 is 0 Å². The van der Waals surface area contributed by atoms with Gasteiger partial charge in [0.05, 0.1) is 0 Å². The highest BCUT2D eigenvalue weighted by Gasteiger charge is 2.26. The SMILES string of the molecule is B[C@@H]1C[C@@H]1C. The molecule has 1 rings (SSSR count). The molecule has 28 valence electrons. The van der Waals surface area contributed by atoms with E-state index in [0.717, 1.165) is 11.7 Å². The predicted octanol–water partition coefficient (Wildman–Crippen LogP) is 0.448. The lowest BCUT2D eigenvalue weighted by Gasteiger charge is -1.66. The third-order valence-corrected chi connectivity index (χ3v) is 1.51. The minimum absolute atomic E-state index is 1.05. The van der Waals surface area contributed by atoms with Crippen LogP contribution in [0.4, 0.5) is 0 Å². The van der Waals surface area contributed by atoms with Crippen molar-refractivity contribution in [1.82, 2.24) is 0 Å². The van der Waals surface area contributed by atoms with Crippen LogP contribution >= 0.6 is 0 Å². The van der Waals surface area contributed by atoms with E-state index < -0.39 is 0 Å². The zero-order valence-corrected chi connectivity index (χ0v) is 3.86. The largest absolute Gasteiger partial charge is 0.105 e. The Morgan fingerprint density at radius 1 is 1.80 bits per heavy atom. The quantitative estimate of drug-likeness (QED) is 0.361. The molecule has 0 spiro atoms. The summed E-state index contributed by atoms with van der Waals surface area (Å²) < 4.78 is 0. The molecule has 0 unspecified atom stereocenters. The first-order valence-electron chi connectivity index (χ1n) is 2.30. The van der Waals surface area contributed by atoms with E-state index in [1.807, 2.05) is 0 Å². The maximum Gasteiger partial charge on any atom is 0.105 e. The van der Waals surface area contributed by atoms with Gasteiger partial charge in [-0.2, -0.15) is 0 Å². The Balaban J connectivity index is 2.20. The van der Waals surface area contributed by atoms with Crippen LogP contribution in [0.1, 0.15) is 13.3 Å². The standard InChI is InChI=1S/C4H9B/c1-3-2-4(3)5/h3-4H,2,5H2,1H3/t3-,4+/m0/s1.